The molecule has 0 saturated carbocycles. The van der Waals surface area contributed by atoms with E-state index in [9.17, 15) is 9.59 Å². The van der Waals surface area contributed by atoms with Crippen molar-refractivity contribution in [1.29, 1.82) is 0 Å². The van der Waals surface area contributed by atoms with Gasteiger partial charge >= 0.3 is 5.97 Å². The first-order valence-corrected chi connectivity index (χ1v) is 18.1. The predicted molar refractivity (Wildman–Crippen MR) is 181 cm³/mol. The van der Waals surface area contributed by atoms with Gasteiger partial charge in [-0.1, -0.05) is 149 Å². The Morgan fingerprint density at radius 3 is 1.33 bits per heavy atom. The normalized spacial score (nSPS) is 11.8. The second-order valence-corrected chi connectivity index (χ2v) is 12.2. The van der Waals surface area contributed by atoms with Crippen molar-refractivity contribution in [3.8, 4) is 0 Å². The average molecular weight is 599 g/mol. The molecule has 6 nitrogen and oxygen atoms in total. The molecule has 0 aliphatic carbocycles. The first-order chi connectivity index (χ1) is 20.5. The molecule has 0 aliphatic heterocycles. The smallest absolute Gasteiger partial charge is 0.307 e. The zero-order chi connectivity index (χ0) is 31.5. The van der Waals surface area contributed by atoms with Crippen molar-refractivity contribution in [3.63, 3.8) is 0 Å². The summed E-state index contributed by atoms with van der Waals surface area (Å²) in [6, 6.07) is -0.699. The molecule has 0 rings (SSSR count). The topological polar surface area (TPSA) is 92.9 Å². The highest BCUT2D eigenvalue weighted by molar-refractivity contribution is 5.87. The molecule has 1 unspecified atom stereocenters. The Balaban J connectivity index is 0. The van der Waals surface area contributed by atoms with E-state index in [4.69, 9.17) is 10.8 Å². The number of aliphatic hydroxyl groups excluding tert-OH is 1. The summed E-state index contributed by atoms with van der Waals surface area (Å²) < 4.78 is 4.51. The van der Waals surface area contributed by atoms with Gasteiger partial charge in [-0.25, -0.2) is 0 Å². The van der Waals surface area contributed by atoms with Gasteiger partial charge in [-0.3, -0.25) is 9.59 Å². The summed E-state index contributed by atoms with van der Waals surface area (Å²) in [4.78, 5) is 25.2. The van der Waals surface area contributed by atoms with Gasteiger partial charge in [0.2, 0.25) is 0 Å². The van der Waals surface area contributed by atoms with Crippen LogP contribution >= 0.6 is 0 Å². The summed E-state index contributed by atoms with van der Waals surface area (Å²) in [5.74, 6) is -0.443. The molecule has 0 radical (unpaired) electrons. The lowest BCUT2D eigenvalue weighted by atomic mass is 10.0. The maximum absolute atomic E-state index is 11.7. The van der Waals surface area contributed by atoms with E-state index in [0.29, 0.717) is 13.0 Å². The molecule has 0 fully saturated rings. The zero-order valence-corrected chi connectivity index (χ0v) is 28.8. The highest BCUT2D eigenvalue weighted by atomic mass is 16.5. The minimum Gasteiger partial charge on any atom is -0.469 e. The SMILES string of the molecule is CCCCCCCCCCCCCC(=O)C(N)CC(=O)OC.CCCCCCCCCCN(CCO)CCCCCC. The number of esters is 1. The van der Waals surface area contributed by atoms with Crippen molar-refractivity contribution >= 4 is 11.8 Å². The van der Waals surface area contributed by atoms with Gasteiger partial charge in [0.05, 0.1) is 26.2 Å². The Bertz CT molecular complexity index is 559. The summed E-state index contributed by atoms with van der Waals surface area (Å²) >= 11 is 0. The third kappa shape index (κ3) is 33.5. The number of hydrogen-bond donors (Lipinski definition) is 2. The number of ether oxygens (including phenoxy) is 1. The molecule has 0 amide bonds. The number of carbonyl (C=O) groups is 2. The first-order valence-electron chi connectivity index (χ1n) is 18.1. The van der Waals surface area contributed by atoms with Crippen molar-refractivity contribution in [2.75, 3.05) is 33.4 Å². The molecule has 0 spiro atoms. The summed E-state index contributed by atoms with van der Waals surface area (Å²) in [6.07, 6.45) is 30.7. The van der Waals surface area contributed by atoms with E-state index in [2.05, 4.69) is 30.4 Å². The van der Waals surface area contributed by atoms with E-state index >= 15 is 0 Å². The lowest BCUT2D eigenvalue weighted by molar-refractivity contribution is -0.142. The largest absolute Gasteiger partial charge is 0.469 e. The van der Waals surface area contributed by atoms with Gasteiger partial charge in [-0.2, -0.15) is 0 Å². The highest BCUT2D eigenvalue weighted by Gasteiger charge is 2.17. The van der Waals surface area contributed by atoms with Gasteiger partial charge in [-0.15, -0.1) is 0 Å². The number of nitrogens with two attached hydrogens (primary N) is 1. The molecule has 3 N–H and O–H groups in total. The fourth-order valence-electron chi connectivity index (χ4n) is 5.23. The number of unbranched alkanes of at least 4 members (excludes halogenated alkanes) is 20. The summed E-state index contributed by atoms with van der Waals surface area (Å²) in [7, 11) is 1.31. The quantitative estimate of drug-likeness (QED) is 0.0610. The van der Waals surface area contributed by atoms with E-state index in [1.807, 2.05) is 0 Å². The molecule has 0 bridgehead atoms. The average Bonchev–Trinajstić information content (AvgIpc) is 2.99. The Kier molecular flexibility index (Phi) is 37.2. The first kappa shape index (κ1) is 43.1. The van der Waals surface area contributed by atoms with Crippen LogP contribution in [0.4, 0.5) is 0 Å². The number of carbonyl (C=O) groups excluding carboxylic acids is 2. The third-order valence-corrected chi connectivity index (χ3v) is 8.13. The van der Waals surface area contributed by atoms with Crippen molar-refractivity contribution in [1.82, 2.24) is 4.90 Å². The minimum atomic E-state index is -0.699. The Hall–Kier alpha value is -0.980. The van der Waals surface area contributed by atoms with Crippen LogP contribution in [-0.4, -0.2) is 61.2 Å². The second-order valence-electron chi connectivity index (χ2n) is 12.2. The van der Waals surface area contributed by atoms with E-state index in [0.717, 1.165) is 19.4 Å². The zero-order valence-electron chi connectivity index (χ0n) is 28.8. The molecule has 0 aromatic heterocycles. The molecule has 1 atom stereocenters. The number of ketones is 1. The number of methoxy groups -OCH3 is 1. The van der Waals surface area contributed by atoms with E-state index in [1.165, 1.54) is 155 Å². The van der Waals surface area contributed by atoms with Crippen molar-refractivity contribution in [2.45, 2.75) is 187 Å². The fourth-order valence-corrected chi connectivity index (χ4v) is 5.23. The summed E-state index contributed by atoms with van der Waals surface area (Å²) in [5, 5.41) is 9.12. The van der Waals surface area contributed by atoms with Gasteiger partial charge in [0.1, 0.15) is 5.78 Å². The molecule has 0 aliphatic rings. The number of rotatable bonds is 31. The lowest BCUT2D eigenvalue weighted by Crippen LogP contribution is -2.33. The molecule has 0 heterocycles. The second kappa shape index (κ2) is 36.2. The van der Waals surface area contributed by atoms with Crippen LogP contribution in [0.25, 0.3) is 0 Å². The van der Waals surface area contributed by atoms with Gasteiger partial charge in [0, 0.05) is 13.0 Å². The Morgan fingerprint density at radius 2 is 0.952 bits per heavy atom. The Morgan fingerprint density at radius 1 is 0.595 bits per heavy atom. The van der Waals surface area contributed by atoms with Gasteiger partial charge in [-0.05, 0) is 32.4 Å². The molecule has 0 aromatic carbocycles. The van der Waals surface area contributed by atoms with Crippen LogP contribution in [0.1, 0.15) is 181 Å². The molecule has 6 heteroatoms. The van der Waals surface area contributed by atoms with Crippen LogP contribution in [0.5, 0.6) is 0 Å². The monoisotopic (exact) mass is 599 g/mol. The Labute approximate surface area is 262 Å². The van der Waals surface area contributed by atoms with Gasteiger partial charge < -0.3 is 20.5 Å². The van der Waals surface area contributed by atoms with E-state index < -0.39 is 12.0 Å². The van der Waals surface area contributed by atoms with Gasteiger partial charge in [0.15, 0.2) is 0 Å². The highest BCUT2D eigenvalue weighted by Crippen LogP contribution is 2.13. The predicted octanol–water partition coefficient (Wildman–Crippen LogP) is 9.15. The third-order valence-electron chi connectivity index (χ3n) is 8.13. The van der Waals surface area contributed by atoms with Crippen LogP contribution in [0.3, 0.4) is 0 Å². The van der Waals surface area contributed by atoms with Crippen LogP contribution < -0.4 is 5.73 Å². The molecular formula is C36H74N2O4. The van der Waals surface area contributed by atoms with Crippen molar-refractivity contribution in [3.05, 3.63) is 0 Å². The minimum absolute atomic E-state index is 0.00658. The lowest BCUT2D eigenvalue weighted by Gasteiger charge is -2.21. The molecule has 252 valence electrons. The number of aliphatic hydroxyl groups is 1. The fraction of sp³-hybridized carbons (Fsp3) is 0.944. The summed E-state index contributed by atoms with van der Waals surface area (Å²) in [6.45, 7) is 10.3. The van der Waals surface area contributed by atoms with Crippen LogP contribution in [-0.2, 0) is 14.3 Å². The van der Waals surface area contributed by atoms with Crippen LogP contribution in [0, 0.1) is 0 Å². The van der Waals surface area contributed by atoms with E-state index in [1.54, 1.807) is 0 Å². The molecule has 42 heavy (non-hydrogen) atoms. The van der Waals surface area contributed by atoms with Gasteiger partial charge in [0.25, 0.3) is 0 Å². The number of nitrogens with zero attached hydrogens (tertiary/aromatic N) is 1. The van der Waals surface area contributed by atoms with E-state index in [-0.39, 0.29) is 12.2 Å². The summed E-state index contributed by atoms with van der Waals surface area (Å²) in [5.41, 5.74) is 5.67. The van der Waals surface area contributed by atoms with Crippen molar-refractivity contribution < 1.29 is 19.4 Å². The molecule has 0 saturated heterocycles. The maximum Gasteiger partial charge on any atom is 0.307 e. The van der Waals surface area contributed by atoms with Crippen LogP contribution in [0.2, 0.25) is 0 Å². The number of Topliss-reactive ketones (excluding diaryl/α,β-unsaturated/α-hetero) is 1. The maximum atomic E-state index is 11.7. The standard InChI is InChI=1S/C18H35NO3.C18H39NO/c1-3-4-5-6-7-8-9-10-11-12-13-14-17(20)16(19)15-18(21)22-2;1-3-5-7-9-10-11-12-14-16-19(17-18-20)15-13-8-6-4-2/h16H,3-15,19H2,1-2H3;20H,3-18H2,1-2H3. The molecular weight excluding hydrogens is 524 g/mol. The molecule has 0 aromatic rings. The van der Waals surface area contributed by atoms with Crippen LogP contribution in [0.15, 0.2) is 0 Å². The van der Waals surface area contributed by atoms with Crippen molar-refractivity contribution in [2.24, 2.45) is 5.73 Å². The number of hydrogen-bond acceptors (Lipinski definition) is 6.